The van der Waals surface area contributed by atoms with Crippen molar-refractivity contribution in [2.45, 2.75) is 13.0 Å². The molecule has 21 heavy (non-hydrogen) atoms. The number of aromatic nitrogens is 1. The van der Waals surface area contributed by atoms with Crippen LogP contribution in [-0.4, -0.2) is 18.6 Å². The molecule has 0 spiro atoms. The predicted molar refractivity (Wildman–Crippen MR) is 72.6 cm³/mol. The predicted octanol–water partition coefficient (Wildman–Crippen LogP) is 3.21. The average Bonchev–Trinajstić information content (AvgIpc) is 2.49. The Bertz CT molecular complexity index is 611. The summed E-state index contributed by atoms with van der Waals surface area (Å²) in [5.74, 6) is -3.39. The highest BCUT2D eigenvalue weighted by Gasteiger charge is 2.19. The van der Waals surface area contributed by atoms with Crippen LogP contribution >= 0.6 is 0 Å². The molecule has 6 heteroatoms. The molecule has 1 heterocycles. The second kappa shape index (κ2) is 6.58. The first-order chi connectivity index (χ1) is 10.1. The molecular formula is C15H15F3N2O. The number of ether oxygens (including phenoxy) is 1. The van der Waals surface area contributed by atoms with Crippen LogP contribution in [0.25, 0.3) is 0 Å². The van der Waals surface area contributed by atoms with Gasteiger partial charge >= 0.3 is 0 Å². The van der Waals surface area contributed by atoms with Crippen LogP contribution in [0.1, 0.15) is 24.1 Å². The molecule has 0 aliphatic heterocycles. The molecule has 1 N–H and O–H groups in total. The van der Waals surface area contributed by atoms with Gasteiger partial charge in [0.25, 0.3) is 0 Å². The molecule has 0 saturated heterocycles. The molecule has 1 atom stereocenters. The lowest BCUT2D eigenvalue weighted by atomic mass is 9.99. The molecule has 0 fully saturated rings. The molecule has 0 bridgehead atoms. The van der Waals surface area contributed by atoms with Crippen LogP contribution in [0.15, 0.2) is 30.6 Å². The molecule has 112 valence electrons. The number of halogens is 3. The Hall–Kier alpha value is -2.08. The van der Waals surface area contributed by atoms with E-state index in [9.17, 15) is 13.2 Å². The number of nitrogens with one attached hydrogen (secondary N) is 1. The smallest absolute Gasteiger partial charge is 0.194 e. The number of methoxy groups -OCH3 is 1. The third-order valence-electron chi connectivity index (χ3n) is 3.05. The van der Waals surface area contributed by atoms with Gasteiger partial charge in [0.2, 0.25) is 0 Å². The van der Waals surface area contributed by atoms with Gasteiger partial charge in [-0.3, -0.25) is 4.98 Å². The molecule has 2 aromatic rings. The fourth-order valence-electron chi connectivity index (χ4n) is 2.08. The van der Waals surface area contributed by atoms with E-state index >= 15 is 0 Å². The van der Waals surface area contributed by atoms with Gasteiger partial charge in [-0.25, -0.2) is 13.2 Å². The standard InChI is InChI=1S/C15H15F3N2O/c1-3-20-15(10-4-11(21-2)8-19-7-10)9-5-12(16)14(18)13(17)6-9/h4-8,15,20H,3H2,1-2H3. The SMILES string of the molecule is CCNC(c1cncc(OC)c1)c1cc(F)c(F)c(F)c1. The Morgan fingerprint density at radius 1 is 1.10 bits per heavy atom. The van der Waals surface area contributed by atoms with Crippen LogP contribution in [0.4, 0.5) is 13.2 Å². The molecule has 0 radical (unpaired) electrons. The third kappa shape index (κ3) is 3.33. The monoisotopic (exact) mass is 296 g/mol. The summed E-state index contributed by atoms with van der Waals surface area (Å²) in [4.78, 5) is 4.02. The van der Waals surface area contributed by atoms with Gasteiger partial charge < -0.3 is 10.1 Å². The van der Waals surface area contributed by atoms with Gasteiger partial charge in [-0.05, 0) is 35.9 Å². The molecule has 1 aromatic heterocycles. The molecule has 3 nitrogen and oxygen atoms in total. The van der Waals surface area contributed by atoms with Gasteiger partial charge in [0.1, 0.15) is 5.75 Å². The van der Waals surface area contributed by atoms with Gasteiger partial charge in [-0.1, -0.05) is 6.92 Å². The molecule has 0 aliphatic carbocycles. The topological polar surface area (TPSA) is 34.2 Å². The maximum absolute atomic E-state index is 13.4. The van der Waals surface area contributed by atoms with Gasteiger partial charge in [-0.15, -0.1) is 0 Å². The normalized spacial score (nSPS) is 12.2. The zero-order valence-corrected chi connectivity index (χ0v) is 11.7. The van der Waals surface area contributed by atoms with E-state index in [1.54, 1.807) is 12.3 Å². The second-order valence-corrected chi connectivity index (χ2v) is 4.45. The summed E-state index contributed by atoms with van der Waals surface area (Å²) in [6.45, 7) is 2.42. The van der Waals surface area contributed by atoms with Crippen molar-refractivity contribution < 1.29 is 17.9 Å². The number of nitrogens with zero attached hydrogens (tertiary/aromatic N) is 1. The summed E-state index contributed by atoms with van der Waals surface area (Å²) in [6.07, 6.45) is 3.09. The zero-order valence-electron chi connectivity index (χ0n) is 11.7. The van der Waals surface area contributed by atoms with Gasteiger partial charge in [0.15, 0.2) is 17.5 Å². The van der Waals surface area contributed by atoms with E-state index in [4.69, 9.17) is 4.74 Å². The van der Waals surface area contributed by atoms with Crippen molar-refractivity contribution in [3.63, 3.8) is 0 Å². The largest absolute Gasteiger partial charge is 0.495 e. The number of pyridine rings is 1. The highest BCUT2D eigenvalue weighted by atomic mass is 19.2. The molecule has 1 aromatic carbocycles. The summed E-state index contributed by atoms with van der Waals surface area (Å²) in [6, 6.07) is 3.15. The van der Waals surface area contributed by atoms with Crippen molar-refractivity contribution in [3.05, 3.63) is 59.2 Å². The van der Waals surface area contributed by atoms with E-state index in [1.807, 2.05) is 6.92 Å². The summed E-state index contributed by atoms with van der Waals surface area (Å²) < 4.78 is 45.0. The van der Waals surface area contributed by atoms with Crippen molar-refractivity contribution in [2.75, 3.05) is 13.7 Å². The van der Waals surface area contributed by atoms with Crippen LogP contribution in [0.5, 0.6) is 5.75 Å². The fraction of sp³-hybridized carbons (Fsp3) is 0.267. The maximum Gasteiger partial charge on any atom is 0.194 e. The summed E-state index contributed by atoms with van der Waals surface area (Å²) in [5.41, 5.74) is 0.949. The molecule has 0 aliphatic rings. The van der Waals surface area contributed by atoms with Crippen molar-refractivity contribution in [1.82, 2.24) is 10.3 Å². The first-order valence-corrected chi connectivity index (χ1v) is 6.43. The molecule has 0 saturated carbocycles. The Morgan fingerprint density at radius 2 is 1.76 bits per heavy atom. The van der Waals surface area contributed by atoms with E-state index in [2.05, 4.69) is 10.3 Å². The summed E-state index contributed by atoms with van der Waals surface area (Å²) in [7, 11) is 1.50. The Kier molecular flexibility index (Phi) is 4.80. The van der Waals surface area contributed by atoms with Crippen molar-refractivity contribution in [2.24, 2.45) is 0 Å². The van der Waals surface area contributed by atoms with Gasteiger partial charge in [-0.2, -0.15) is 0 Å². The van der Waals surface area contributed by atoms with E-state index in [0.29, 0.717) is 17.9 Å². The first-order valence-electron chi connectivity index (χ1n) is 6.43. The van der Waals surface area contributed by atoms with Crippen LogP contribution in [0.2, 0.25) is 0 Å². The number of benzene rings is 1. The van der Waals surface area contributed by atoms with Crippen LogP contribution < -0.4 is 10.1 Å². The van der Waals surface area contributed by atoms with E-state index in [0.717, 1.165) is 12.1 Å². The highest BCUT2D eigenvalue weighted by molar-refractivity contribution is 5.35. The quantitative estimate of drug-likeness (QED) is 0.860. The van der Waals surface area contributed by atoms with Crippen LogP contribution in [0, 0.1) is 17.5 Å². The first kappa shape index (κ1) is 15.3. The molecule has 1 unspecified atom stereocenters. The van der Waals surface area contributed by atoms with Crippen molar-refractivity contribution in [1.29, 1.82) is 0 Å². The van der Waals surface area contributed by atoms with Crippen molar-refractivity contribution in [3.8, 4) is 5.75 Å². The summed E-state index contributed by atoms with van der Waals surface area (Å²) >= 11 is 0. The number of hydrogen-bond donors (Lipinski definition) is 1. The van der Waals surface area contributed by atoms with E-state index < -0.39 is 23.5 Å². The minimum absolute atomic E-state index is 0.281. The lowest BCUT2D eigenvalue weighted by Crippen LogP contribution is -2.22. The fourth-order valence-corrected chi connectivity index (χ4v) is 2.08. The van der Waals surface area contributed by atoms with E-state index in [1.165, 1.54) is 13.3 Å². The Morgan fingerprint density at radius 3 is 2.33 bits per heavy atom. The minimum atomic E-state index is -1.47. The minimum Gasteiger partial charge on any atom is -0.495 e. The number of hydrogen-bond acceptors (Lipinski definition) is 3. The zero-order chi connectivity index (χ0) is 15.4. The molecule has 2 rings (SSSR count). The molecular weight excluding hydrogens is 281 g/mol. The Balaban J connectivity index is 2.47. The maximum atomic E-state index is 13.4. The van der Waals surface area contributed by atoms with Crippen LogP contribution in [0.3, 0.4) is 0 Å². The van der Waals surface area contributed by atoms with Crippen molar-refractivity contribution >= 4 is 0 Å². The average molecular weight is 296 g/mol. The number of rotatable bonds is 5. The van der Waals surface area contributed by atoms with E-state index in [-0.39, 0.29) is 5.56 Å². The second-order valence-electron chi connectivity index (χ2n) is 4.45. The van der Waals surface area contributed by atoms with Gasteiger partial charge in [0.05, 0.1) is 19.3 Å². The summed E-state index contributed by atoms with van der Waals surface area (Å²) in [5, 5.41) is 3.09. The Labute approximate surface area is 120 Å². The van der Waals surface area contributed by atoms with Crippen LogP contribution in [-0.2, 0) is 0 Å². The molecule has 0 amide bonds. The lowest BCUT2D eigenvalue weighted by Gasteiger charge is -2.19. The van der Waals surface area contributed by atoms with Gasteiger partial charge in [0, 0.05) is 6.20 Å². The third-order valence-corrected chi connectivity index (χ3v) is 3.05. The highest BCUT2D eigenvalue weighted by Crippen LogP contribution is 2.26. The lowest BCUT2D eigenvalue weighted by molar-refractivity contribution is 0.411.